The molecular formula is C17H13Cl2N3O2S. The van der Waals surface area contributed by atoms with E-state index in [1.807, 2.05) is 30.3 Å². The van der Waals surface area contributed by atoms with Crippen LogP contribution in [0.4, 0.5) is 5.69 Å². The largest absolute Gasteiger partial charge is 0.320 e. The fourth-order valence-electron chi connectivity index (χ4n) is 2.25. The molecule has 2 aromatic rings. The van der Waals surface area contributed by atoms with Gasteiger partial charge in [-0.05, 0) is 23.8 Å². The number of anilines is 1. The molecule has 8 heteroatoms. The summed E-state index contributed by atoms with van der Waals surface area (Å²) in [6.45, 7) is 1.42. The van der Waals surface area contributed by atoms with Crippen LogP contribution in [0.25, 0.3) is 0 Å². The number of hydrogen-bond donors (Lipinski definition) is 1. The molecule has 0 bridgehead atoms. The lowest BCUT2D eigenvalue weighted by Gasteiger charge is -2.19. The van der Waals surface area contributed by atoms with Gasteiger partial charge in [-0.15, -0.1) is 0 Å². The third-order valence-corrected chi connectivity index (χ3v) is 5.35. The number of carbonyl (C=O) groups excluding carboxylic acids is 2. The van der Waals surface area contributed by atoms with Crippen molar-refractivity contribution < 1.29 is 9.59 Å². The molecule has 0 aromatic heterocycles. The summed E-state index contributed by atoms with van der Waals surface area (Å²) in [5.74, 6) is -0.647. The van der Waals surface area contributed by atoms with Crippen LogP contribution >= 0.6 is 35.0 Å². The van der Waals surface area contributed by atoms with E-state index in [0.29, 0.717) is 15.7 Å². The van der Waals surface area contributed by atoms with E-state index in [2.05, 4.69) is 10.4 Å². The molecule has 2 amide bonds. The second kappa shape index (κ2) is 7.47. The zero-order valence-electron chi connectivity index (χ0n) is 13.1. The van der Waals surface area contributed by atoms with Crippen LogP contribution in [-0.2, 0) is 9.59 Å². The van der Waals surface area contributed by atoms with Gasteiger partial charge in [-0.1, -0.05) is 65.3 Å². The summed E-state index contributed by atoms with van der Waals surface area (Å²) in [6.07, 6.45) is 0. The second-order valence-electron chi connectivity index (χ2n) is 5.23. The van der Waals surface area contributed by atoms with E-state index in [1.165, 1.54) is 23.7 Å². The zero-order chi connectivity index (χ0) is 18.0. The van der Waals surface area contributed by atoms with Crippen molar-refractivity contribution >= 4 is 57.5 Å². The average molecular weight is 394 g/mol. The first kappa shape index (κ1) is 17.8. The Morgan fingerprint density at radius 3 is 2.48 bits per heavy atom. The van der Waals surface area contributed by atoms with Gasteiger partial charge in [-0.3, -0.25) is 9.59 Å². The Balaban J connectivity index is 1.79. The van der Waals surface area contributed by atoms with Gasteiger partial charge in [-0.2, -0.15) is 5.10 Å². The number of halogens is 2. The van der Waals surface area contributed by atoms with Crippen molar-refractivity contribution in [3.63, 3.8) is 0 Å². The maximum atomic E-state index is 12.5. The van der Waals surface area contributed by atoms with Gasteiger partial charge in [0.05, 0.1) is 10.0 Å². The minimum Gasteiger partial charge on any atom is -0.320 e. The summed E-state index contributed by atoms with van der Waals surface area (Å²) >= 11 is 13.0. The quantitative estimate of drug-likeness (QED) is 0.832. The number of benzene rings is 2. The van der Waals surface area contributed by atoms with E-state index < -0.39 is 5.91 Å². The Kier molecular flexibility index (Phi) is 5.32. The van der Waals surface area contributed by atoms with Gasteiger partial charge in [0.1, 0.15) is 5.37 Å². The molecule has 0 saturated heterocycles. The highest BCUT2D eigenvalue weighted by Gasteiger charge is 2.34. The van der Waals surface area contributed by atoms with Crippen molar-refractivity contribution in [1.82, 2.24) is 5.01 Å². The molecule has 1 aliphatic heterocycles. The number of nitrogens with one attached hydrogen (secondary N) is 1. The highest BCUT2D eigenvalue weighted by molar-refractivity contribution is 8.16. The molecular weight excluding hydrogens is 381 g/mol. The predicted octanol–water partition coefficient (Wildman–Crippen LogP) is 4.54. The minimum atomic E-state index is -0.409. The van der Waals surface area contributed by atoms with Crippen LogP contribution < -0.4 is 5.32 Å². The number of hydrogen-bond acceptors (Lipinski definition) is 4. The van der Waals surface area contributed by atoms with Gasteiger partial charge in [0, 0.05) is 12.6 Å². The lowest BCUT2D eigenvalue weighted by atomic mass is 10.2. The topological polar surface area (TPSA) is 61.8 Å². The fraction of sp³-hybridized carbons (Fsp3) is 0.118. The normalized spacial score (nSPS) is 16.5. The minimum absolute atomic E-state index is 0.204. The summed E-state index contributed by atoms with van der Waals surface area (Å²) in [4.78, 5) is 24.4. The van der Waals surface area contributed by atoms with Gasteiger partial charge in [0.25, 0.3) is 5.91 Å². The molecule has 128 valence electrons. The number of rotatable bonds is 3. The number of amides is 2. The Morgan fingerprint density at radius 1 is 1.12 bits per heavy atom. The molecule has 0 saturated carbocycles. The summed E-state index contributed by atoms with van der Waals surface area (Å²) in [5, 5.41) is 8.77. The van der Waals surface area contributed by atoms with Gasteiger partial charge in [-0.25, -0.2) is 5.01 Å². The van der Waals surface area contributed by atoms with E-state index in [1.54, 1.807) is 18.2 Å². The Bertz CT molecular complexity index is 858. The summed E-state index contributed by atoms with van der Waals surface area (Å²) in [5.41, 5.74) is 1.39. The first-order valence-electron chi connectivity index (χ1n) is 7.32. The van der Waals surface area contributed by atoms with E-state index in [0.717, 1.165) is 5.56 Å². The molecule has 5 nitrogen and oxygen atoms in total. The van der Waals surface area contributed by atoms with Crippen molar-refractivity contribution in [2.24, 2.45) is 5.10 Å². The van der Waals surface area contributed by atoms with Crippen molar-refractivity contribution in [3.8, 4) is 0 Å². The molecule has 0 spiro atoms. The third kappa shape index (κ3) is 3.98. The van der Waals surface area contributed by atoms with Crippen LogP contribution in [-0.4, -0.2) is 21.9 Å². The average Bonchev–Trinajstić information content (AvgIpc) is 3.05. The summed E-state index contributed by atoms with van der Waals surface area (Å²) in [7, 11) is 0. The van der Waals surface area contributed by atoms with Crippen LogP contribution in [0.15, 0.2) is 53.6 Å². The zero-order valence-corrected chi connectivity index (χ0v) is 15.4. The molecule has 1 aliphatic rings. The fourth-order valence-corrected chi connectivity index (χ4v) is 3.64. The lowest BCUT2D eigenvalue weighted by Crippen LogP contribution is -2.23. The molecule has 2 aromatic carbocycles. The van der Waals surface area contributed by atoms with Gasteiger partial charge >= 0.3 is 0 Å². The summed E-state index contributed by atoms with van der Waals surface area (Å²) < 4.78 is 0. The third-order valence-electron chi connectivity index (χ3n) is 3.42. The molecule has 0 fully saturated rings. The van der Waals surface area contributed by atoms with Crippen molar-refractivity contribution in [1.29, 1.82) is 0 Å². The molecule has 1 unspecified atom stereocenters. The van der Waals surface area contributed by atoms with Gasteiger partial charge in [0.2, 0.25) is 5.91 Å². The maximum Gasteiger partial charge on any atom is 0.282 e. The Hall–Kier alpha value is -2.02. The van der Waals surface area contributed by atoms with Crippen LogP contribution in [0, 0.1) is 0 Å². The Labute approximate surface area is 159 Å². The lowest BCUT2D eigenvalue weighted by molar-refractivity contribution is -0.129. The molecule has 1 N–H and O–H groups in total. The number of hydrazone groups is 1. The first-order chi connectivity index (χ1) is 12.0. The number of thioether (sulfide) groups is 1. The van der Waals surface area contributed by atoms with E-state index >= 15 is 0 Å². The second-order valence-corrected chi connectivity index (χ2v) is 7.12. The van der Waals surface area contributed by atoms with Crippen LogP contribution in [0.5, 0.6) is 0 Å². The van der Waals surface area contributed by atoms with Crippen LogP contribution in [0.3, 0.4) is 0 Å². The monoisotopic (exact) mass is 393 g/mol. The smallest absolute Gasteiger partial charge is 0.282 e. The van der Waals surface area contributed by atoms with Gasteiger partial charge < -0.3 is 5.32 Å². The van der Waals surface area contributed by atoms with E-state index in [-0.39, 0.29) is 16.3 Å². The number of nitrogens with zero attached hydrogens (tertiary/aromatic N) is 2. The SMILES string of the molecule is CC(=O)N1N=C(C(=O)Nc2ccc(Cl)c(Cl)c2)SC1c1ccccc1. The highest BCUT2D eigenvalue weighted by atomic mass is 35.5. The van der Waals surface area contributed by atoms with E-state index in [4.69, 9.17) is 23.2 Å². The molecule has 1 heterocycles. The first-order valence-corrected chi connectivity index (χ1v) is 8.95. The molecule has 25 heavy (non-hydrogen) atoms. The van der Waals surface area contributed by atoms with Crippen LogP contribution in [0.2, 0.25) is 10.0 Å². The van der Waals surface area contributed by atoms with Crippen molar-refractivity contribution in [3.05, 3.63) is 64.1 Å². The van der Waals surface area contributed by atoms with Crippen molar-refractivity contribution in [2.75, 3.05) is 5.32 Å². The predicted molar refractivity (Wildman–Crippen MR) is 102 cm³/mol. The molecule has 0 aliphatic carbocycles. The van der Waals surface area contributed by atoms with Gasteiger partial charge in [0.15, 0.2) is 5.04 Å². The Morgan fingerprint density at radius 2 is 1.84 bits per heavy atom. The standard InChI is InChI=1S/C17H13Cl2N3O2S/c1-10(23)22-17(11-5-3-2-4-6-11)25-16(21-22)15(24)20-12-7-8-13(18)14(19)9-12/h2-9,17H,1H3,(H,20,24). The maximum absolute atomic E-state index is 12.5. The van der Waals surface area contributed by atoms with E-state index in [9.17, 15) is 9.59 Å². The molecule has 3 rings (SSSR count). The highest BCUT2D eigenvalue weighted by Crippen LogP contribution is 2.39. The van der Waals surface area contributed by atoms with Crippen molar-refractivity contribution in [2.45, 2.75) is 12.3 Å². The molecule has 0 radical (unpaired) electrons. The number of carbonyl (C=O) groups is 2. The summed E-state index contributed by atoms with van der Waals surface area (Å²) in [6, 6.07) is 14.2. The molecule has 1 atom stereocenters. The van der Waals surface area contributed by atoms with Crippen LogP contribution in [0.1, 0.15) is 17.9 Å².